The minimum absolute atomic E-state index is 0. The summed E-state index contributed by atoms with van der Waals surface area (Å²) in [4.78, 5) is 2.47. The molecule has 1 aromatic carbocycles. The molecule has 1 saturated heterocycles. The third-order valence-electron chi connectivity index (χ3n) is 4.50. The Morgan fingerprint density at radius 3 is 2.68 bits per heavy atom. The number of likely N-dealkylation sites (tertiary alicyclic amines) is 1. The number of nitrogens with two attached hydrogens (primary N) is 1. The van der Waals surface area contributed by atoms with Gasteiger partial charge in [0.15, 0.2) is 11.5 Å². The van der Waals surface area contributed by atoms with E-state index < -0.39 is 0 Å². The van der Waals surface area contributed by atoms with Gasteiger partial charge in [-0.1, -0.05) is 0 Å². The van der Waals surface area contributed by atoms with Crippen molar-refractivity contribution >= 4 is 12.4 Å². The number of rotatable bonds is 4. The number of fused-ring (bicyclic) bond motifs is 1. The highest BCUT2D eigenvalue weighted by Crippen LogP contribution is 2.42. The van der Waals surface area contributed by atoms with E-state index in [1.165, 1.54) is 18.4 Å². The molecule has 0 amide bonds. The second kappa shape index (κ2) is 7.40. The van der Waals surface area contributed by atoms with Crippen molar-refractivity contribution in [3.8, 4) is 17.2 Å². The summed E-state index contributed by atoms with van der Waals surface area (Å²) < 4.78 is 16.3. The van der Waals surface area contributed by atoms with Gasteiger partial charge < -0.3 is 19.9 Å². The summed E-state index contributed by atoms with van der Waals surface area (Å²) in [5.41, 5.74) is 7.20. The van der Waals surface area contributed by atoms with Crippen molar-refractivity contribution in [2.75, 3.05) is 27.0 Å². The van der Waals surface area contributed by atoms with Gasteiger partial charge in [0.25, 0.3) is 0 Å². The number of ether oxygens (including phenoxy) is 3. The van der Waals surface area contributed by atoms with E-state index in [0.29, 0.717) is 12.0 Å². The van der Waals surface area contributed by atoms with E-state index in [2.05, 4.69) is 17.9 Å². The van der Waals surface area contributed by atoms with Crippen molar-refractivity contribution in [3.05, 3.63) is 17.7 Å². The van der Waals surface area contributed by atoms with Crippen LogP contribution in [-0.2, 0) is 6.54 Å². The van der Waals surface area contributed by atoms with Crippen molar-refractivity contribution < 1.29 is 14.2 Å². The van der Waals surface area contributed by atoms with Crippen LogP contribution in [0.2, 0.25) is 0 Å². The minimum atomic E-state index is 0. The molecule has 1 unspecified atom stereocenters. The van der Waals surface area contributed by atoms with Crippen LogP contribution in [0.1, 0.15) is 25.3 Å². The first-order valence-corrected chi connectivity index (χ1v) is 7.62. The molecule has 1 atom stereocenters. The molecule has 6 heteroatoms. The van der Waals surface area contributed by atoms with E-state index in [-0.39, 0.29) is 19.2 Å². The fraction of sp³-hybridized carbons (Fsp3) is 0.625. The summed E-state index contributed by atoms with van der Waals surface area (Å²) >= 11 is 0. The highest BCUT2D eigenvalue weighted by atomic mass is 35.5. The van der Waals surface area contributed by atoms with E-state index in [4.69, 9.17) is 19.9 Å². The second-order valence-electron chi connectivity index (χ2n) is 6.00. The molecule has 3 rings (SSSR count). The van der Waals surface area contributed by atoms with Crippen LogP contribution in [0.5, 0.6) is 17.2 Å². The average molecular weight is 329 g/mol. The lowest BCUT2D eigenvalue weighted by atomic mass is 9.91. The molecular weight excluding hydrogens is 304 g/mol. The molecule has 0 aliphatic carbocycles. The van der Waals surface area contributed by atoms with Crippen LogP contribution in [0.3, 0.4) is 0 Å². The first-order chi connectivity index (χ1) is 10.2. The molecule has 0 radical (unpaired) electrons. The predicted octanol–water partition coefficient (Wildman–Crippen LogP) is 2.40. The summed E-state index contributed by atoms with van der Waals surface area (Å²) in [5.74, 6) is 2.92. The number of benzene rings is 1. The third kappa shape index (κ3) is 3.59. The van der Waals surface area contributed by atoms with Crippen LogP contribution < -0.4 is 19.9 Å². The molecule has 5 nitrogen and oxygen atoms in total. The summed E-state index contributed by atoms with van der Waals surface area (Å²) in [6, 6.07) is 4.41. The lowest BCUT2D eigenvalue weighted by molar-refractivity contribution is 0.165. The summed E-state index contributed by atoms with van der Waals surface area (Å²) in [5, 5.41) is 0. The van der Waals surface area contributed by atoms with Gasteiger partial charge in [0.1, 0.15) is 0 Å². The Hall–Kier alpha value is -1.17. The summed E-state index contributed by atoms with van der Waals surface area (Å²) in [7, 11) is 1.66. The SMILES string of the molecule is COc1cc(CN2CCC(C(C)N)CC2)cc2c1OCO2.Cl. The number of hydrogen-bond donors (Lipinski definition) is 1. The van der Waals surface area contributed by atoms with Gasteiger partial charge in [-0.15, -0.1) is 12.4 Å². The van der Waals surface area contributed by atoms with Crippen LogP contribution in [0.4, 0.5) is 0 Å². The zero-order valence-electron chi connectivity index (χ0n) is 13.2. The molecule has 1 aromatic rings. The Balaban J connectivity index is 0.00000176. The molecule has 0 aromatic heterocycles. The van der Waals surface area contributed by atoms with Gasteiger partial charge in [-0.25, -0.2) is 0 Å². The highest BCUT2D eigenvalue weighted by Gasteiger charge is 2.24. The lowest BCUT2D eigenvalue weighted by Crippen LogP contribution is -2.39. The van der Waals surface area contributed by atoms with E-state index in [9.17, 15) is 0 Å². The Kier molecular flexibility index (Phi) is 5.78. The predicted molar refractivity (Wildman–Crippen MR) is 88.0 cm³/mol. The molecule has 0 spiro atoms. The summed E-state index contributed by atoms with van der Waals surface area (Å²) in [6.45, 7) is 5.50. The number of methoxy groups -OCH3 is 1. The minimum Gasteiger partial charge on any atom is -0.493 e. The smallest absolute Gasteiger partial charge is 0.231 e. The zero-order valence-corrected chi connectivity index (χ0v) is 14.0. The van der Waals surface area contributed by atoms with E-state index >= 15 is 0 Å². The second-order valence-corrected chi connectivity index (χ2v) is 6.00. The number of halogens is 1. The molecule has 0 saturated carbocycles. The van der Waals surface area contributed by atoms with Gasteiger partial charge in [-0.3, -0.25) is 4.90 Å². The maximum absolute atomic E-state index is 6.00. The van der Waals surface area contributed by atoms with Gasteiger partial charge in [-0.05, 0) is 56.5 Å². The van der Waals surface area contributed by atoms with Crippen molar-refractivity contribution in [1.29, 1.82) is 0 Å². The first-order valence-electron chi connectivity index (χ1n) is 7.62. The Morgan fingerprint density at radius 2 is 2.05 bits per heavy atom. The van der Waals surface area contributed by atoms with Crippen molar-refractivity contribution in [1.82, 2.24) is 4.90 Å². The van der Waals surface area contributed by atoms with Gasteiger partial charge in [0, 0.05) is 12.6 Å². The molecule has 2 aliphatic rings. The topological polar surface area (TPSA) is 57.0 Å². The van der Waals surface area contributed by atoms with Crippen molar-refractivity contribution in [3.63, 3.8) is 0 Å². The fourth-order valence-corrected chi connectivity index (χ4v) is 3.17. The number of hydrogen-bond acceptors (Lipinski definition) is 5. The normalized spacial score (nSPS) is 19.6. The van der Waals surface area contributed by atoms with E-state index in [1.54, 1.807) is 7.11 Å². The number of nitrogens with zero attached hydrogens (tertiary/aromatic N) is 1. The van der Waals surface area contributed by atoms with Crippen LogP contribution in [0.25, 0.3) is 0 Å². The fourth-order valence-electron chi connectivity index (χ4n) is 3.17. The van der Waals surface area contributed by atoms with E-state index in [1.807, 2.05) is 6.07 Å². The average Bonchev–Trinajstić information content (AvgIpc) is 2.95. The molecule has 2 heterocycles. The van der Waals surface area contributed by atoms with E-state index in [0.717, 1.165) is 36.9 Å². The van der Waals surface area contributed by atoms with Crippen LogP contribution in [0, 0.1) is 5.92 Å². The monoisotopic (exact) mass is 328 g/mol. The van der Waals surface area contributed by atoms with Gasteiger partial charge in [0.2, 0.25) is 12.5 Å². The van der Waals surface area contributed by atoms with Crippen molar-refractivity contribution in [2.24, 2.45) is 11.7 Å². The van der Waals surface area contributed by atoms with Crippen LogP contribution >= 0.6 is 12.4 Å². The Bertz CT molecular complexity index is 502. The molecule has 2 aliphatic heterocycles. The van der Waals surface area contributed by atoms with Crippen LogP contribution in [0.15, 0.2) is 12.1 Å². The maximum Gasteiger partial charge on any atom is 0.231 e. The van der Waals surface area contributed by atoms with Crippen LogP contribution in [-0.4, -0.2) is 37.9 Å². The molecular formula is C16H25ClN2O3. The quantitative estimate of drug-likeness (QED) is 0.919. The molecule has 22 heavy (non-hydrogen) atoms. The highest BCUT2D eigenvalue weighted by molar-refractivity contribution is 5.85. The van der Waals surface area contributed by atoms with Gasteiger partial charge in [-0.2, -0.15) is 0 Å². The number of piperidine rings is 1. The van der Waals surface area contributed by atoms with Crippen molar-refractivity contribution in [2.45, 2.75) is 32.4 Å². The largest absolute Gasteiger partial charge is 0.493 e. The molecule has 124 valence electrons. The van der Waals surface area contributed by atoms with Gasteiger partial charge in [0.05, 0.1) is 7.11 Å². The molecule has 0 bridgehead atoms. The molecule has 2 N–H and O–H groups in total. The Labute approximate surface area is 138 Å². The Morgan fingerprint density at radius 1 is 1.32 bits per heavy atom. The summed E-state index contributed by atoms with van der Waals surface area (Å²) in [6.07, 6.45) is 2.36. The maximum atomic E-state index is 6.00. The van der Waals surface area contributed by atoms with Gasteiger partial charge >= 0.3 is 0 Å². The zero-order chi connectivity index (χ0) is 14.8. The lowest BCUT2D eigenvalue weighted by Gasteiger charge is -2.33. The third-order valence-corrected chi connectivity index (χ3v) is 4.50. The standard InChI is InChI=1S/C16H24N2O3.ClH/c1-11(17)13-3-5-18(6-4-13)9-12-7-14(19-2)16-15(8-12)20-10-21-16;/h7-8,11,13H,3-6,9-10,17H2,1-2H3;1H. The molecule has 1 fully saturated rings. The first kappa shape index (κ1) is 17.2.